The van der Waals surface area contributed by atoms with E-state index in [0.29, 0.717) is 6.54 Å². The normalized spacial score (nSPS) is 17.8. The third kappa shape index (κ3) is 3.93. The predicted molar refractivity (Wildman–Crippen MR) is 99.1 cm³/mol. The molecule has 1 aromatic heterocycles. The lowest BCUT2D eigenvalue weighted by Gasteiger charge is -2.29. The summed E-state index contributed by atoms with van der Waals surface area (Å²) in [5.74, 6) is 0.124. The highest BCUT2D eigenvalue weighted by molar-refractivity contribution is 5.81. The zero-order valence-electron chi connectivity index (χ0n) is 15.4. The molecule has 25 heavy (non-hydrogen) atoms. The average molecular weight is 340 g/mol. The van der Waals surface area contributed by atoms with Crippen LogP contribution in [-0.4, -0.2) is 33.7 Å². The Labute approximate surface area is 150 Å². The summed E-state index contributed by atoms with van der Waals surface area (Å²) in [5.41, 5.74) is 3.73. The summed E-state index contributed by atoms with van der Waals surface area (Å²) in [6.07, 6.45) is 5.25. The molecule has 0 radical (unpaired) electrons. The van der Waals surface area contributed by atoms with E-state index >= 15 is 0 Å². The van der Waals surface area contributed by atoms with Crippen LogP contribution < -0.4 is 5.32 Å². The number of amides is 1. The topological polar surface area (TPSA) is 50.2 Å². The number of rotatable bonds is 6. The van der Waals surface area contributed by atoms with E-state index in [1.807, 2.05) is 38.4 Å². The fourth-order valence-corrected chi connectivity index (χ4v) is 3.70. The first-order valence-corrected chi connectivity index (χ1v) is 9.19. The molecule has 2 atom stereocenters. The Kier molecular flexibility index (Phi) is 5.53. The molecule has 0 aliphatic heterocycles. The lowest BCUT2D eigenvalue weighted by molar-refractivity contribution is -0.132. The summed E-state index contributed by atoms with van der Waals surface area (Å²) < 4.78 is 2.08. The minimum Gasteiger partial charge on any atom is -0.340 e. The minimum absolute atomic E-state index is 0.124. The molecule has 134 valence electrons. The fourth-order valence-electron chi connectivity index (χ4n) is 3.70. The molecule has 0 saturated heterocycles. The molecular weight excluding hydrogens is 312 g/mol. The van der Waals surface area contributed by atoms with Gasteiger partial charge in [-0.3, -0.25) is 14.8 Å². The van der Waals surface area contributed by atoms with E-state index in [2.05, 4.69) is 34.2 Å². The van der Waals surface area contributed by atoms with Crippen molar-refractivity contribution in [1.29, 1.82) is 0 Å². The van der Waals surface area contributed by atoms with Gasteiger partial charge >= 0.3 is 0 Å². The quantitative estimate of drug-likeness (QED) is 0.880. The van der Waals surface area contributed by atoms with E-state index in [4.69, 9.17) is 0 Å². The van der Waals surface area contributed by atoms with Crippen LogP contribution in [0.3, 0.4) is 0 Å². The molecule has 1 heterocycles. The van der Waals surface area contributed by atoms with Gasteiger partial charge in [-0.25, -0.2) is 0 Å². The van der Waals surface area contributed by atoms with Crippen LogP contribution in [0, 0.1) is 0 Å². The summed E-state index contributed by atoms with van der Waals surface area (Å²) in [6.45, 7) is 5.61. The number of fused-ring (bicyclic) bond motifs is 1. The van der Waals surface area contributed by atoms with Gasteiger partial charge in [-0.1, -0.05) is 30.3 Å². The van der Waals surface area contributed by atoms with Gasteiger partial charge in [0.2, 0.25) is 5.91 Å². The monoisotopic (exact) mass is 340 g/mol. The number of hydrogen-bond donors (Lipinski definition) is 1. The van der Waals surface area contributed by atoms with Crippen LogP contribution in [0.1, 0.15) is 49.6 Å². The number of hydrogen-bond acceptors (Lipinski definition) is 3. The van der Waals surface area contributed by atoms with Crippen LogP contribution in [0.5, 0.6) is 0 Å². The third-order valence-corrected chi connectivity index (χ3v) is 5.02. The average Bonchev–Trinajstić information content (AvgIpc) is 3.06. The van der Waals surface area contributed by atoms with E-state index in [1.54, 1.807) is 4.90 Å². The smallest absolute Gasteiger partial charge is 0.239 e. The first-order valence-electron chi connectivity index (χ1n) is 9.19. The molecule has 0 saturated carbocycles. The predicted octanol–water partition coefficient (Wildman–Crippen LogP) is 2.92. The van der Waals surface area contributed by atoms with Crippen molar-refractivity contribution in [3.8, 4) is 0 Å². The number of benzene rings is 1. The zero-order chi connectivity index (χ0) is 17.8. The first-order chi connectivity index (χ1) is 12.1. The highest BCUT2D eigenvalue weighted by atomic mass is 16.2. The second-order valence-electron chi connectivity index (χ2n) is 6.88. The second-order valence-corrected chi connectivity index (χ2v) is 6.88. The van der Waals surface area contributed by atoms with Crippen LogP contribution >= 0.6 is 0 Å². The van der Waals surface area contributed by atoms with Gasteiger partial charge in [-0.05, 0) is 38.7 Å². The van der Waals surface area contributed by atoms with Gasteiger partial charge in [0.05, 0.1) is 12.2 Å². The van der Waals surface area contributed by atoms with Crippen molar-refractivity contribution in [1.82, 2.24) is 20.0 Å². The Bertz CT molecular complexity index is 710. The first kappa shape index (κ1) is 17.7. The molecule has 0 unspecified atom stereocenters. The van der Waals surface area contributed by atoms with Crippen LogP contribution in [0.2, 0.25) is 0 Å². The summed E-state index contributed by atoms with van der Waals surface area (Å²) in [6, 6.07) is 10.1. The molecule has 1 amide bonds. The van der Waals surface area contributed by atoms with Crippen LogP contribution in [-0.2, 0) is 24.3 Å². The van der Waals surface area contributed by atoms with Crippen LogP contribution in [0.25, 0.3) is 0 Å². The number of carbonyl (C=O) groups is 1. The Morgan fingerprint density at radius 3 is 2.88 bits per heavy atom. The highest BCUT2D eigenvalue weighted by Crippen LogP contribution is 2.30. The Morgan fingerprint density at radius 1 is 1.40 bits per heavy atom. The van der Waals surface area contributed by atoms with E-state index in [0.717, 1.165) is 31.4 Å². The Morgan fingerprint density at radius 2 is 2.16 bits per heavy atom. The summed E-state index contributed by atoms with van der Waals surface area (Å²) in [7, 11) is 1.87. The largest absolute Gasteiger partial charge is 0.340 e. The number of aryl methyl sites for hydroxylation is 1. The molecule has 3 rings (SSSR count). The molecule has 1 aromatic carbocycles. The number of nitrogens with one attached hydrogen (secondary N) is 1. The molecular formula is C20H28N4O. The molecule has 1 N–H and O–H groups in total. The van der Waals surface area contributed by atoms with Crippen molar-refractivity contribution in [3.05, 3.63) is 53.3 Å². The lowest BCUT2D eigenvalue weighted by Crippen LogP contribution is -2.44. The molecule has 2 aromatic rings. The molecule has 0 fully saturated rings. The van der Waals surface area contributed by atoms with Gasteiger partial charge < -0.3 is 4.90 Å². The zero-order valence-corrected chi connectivity index (χ0v) is 15.4. The van der Waals surface area contributed by atoms with Crippen molar-refractivity contribution in [2.75, 3.05) is 7.05 Å². The van der Waals surface area contributed by atoms with E-state index in [1.165, 1.54) is 11.3 Å². The molecule has 0 spiro atoms. The number of likely N-dealkylation sites (N-methyl/N-ethyl adjacent to an activating group) is 1. The van der Waals surface area contributed by atoms with E-state index < -0.39 is 0 Å². The van der Waals surface area contributed by atoms with Gasteiger partial charge in [0.1, 0.15) is 0 Å². The molecule has 5 nitrogen and oxygen atoms in total. The summed E-state index contributed by atoms with van der Waals surface area (Å²) in [5, 5.41) is 8.03. The molecule has 5 heteroatoms. The number of nitrogens with zero attached hydrogens (tertiary/aromatic N) is 3. The Hall–Kier alpha value is -2.14. The van der Waals surface area contributed by atoms with Crippen molar-refractivity contribution in [3.63, 3.8) is 0 Å². The number of carbonyl (C=O) groups excluding carboxylic acids is 1. The highest BCUT2D eigenvalue weighted by Gasteiger charge is 2.27. The number of aromatic nitrogens is 2. The lowest BCUT2D eigenvalue weighted by atomic mass is 9.92. The van der Waals surface area contributed by atoms with Crippen molar-refractivity contribution in [2.24, 2.45) is 0 Å². The minimum atomic E-state index is -0.213. The maximum atomic E-state index is 12.7. The van der Waals surface area contributed by atoms with Gasteiger partial charge in [0.15, 0.2) is 0 Å². The Balaban J connectivity index is 1.63. The van der Waals surface area contributed by atoms with Gasteiger partial charge in [0.25, 0.3) is 0 Å². The second kappa shape index (κ2) is 7.83. The van der Waals surface area contributed by atoms with Crippen molar-refractivity contribution in [2.45, 2.75) is 58.3 Å². The van der Waals surface area contributed by atoms with E-state index in [9.17, 15) is 4.79 Å². The maximum absolute atomic E-state index is 12.7. The van der Waals surface area contributed by atoms with E-state index in [-0.39, 0.29) is 18.0 Å². The van der Waals surface area contributed by atoms with Crippen molar-refractivity contribution >= 4 is 5.91 Å². The van der Waals surface area contributed by atoms with Crippen molar-refractivity contribution < 1.29 is 4.79 Å². The molecule has 1 aliphatic rings. The standard InChI is InChI=1S/C20H28N4O/c1-4-24-19-12-8-11-18(17(19)13-21-24)22-15(2)20(25)23(3)14-16-9-6-5-7-10-16/h5-7,9-10,13,15,18,22H,4,8,11-12,14H2,1-3H3/t15-,18-/m1/s1. The third-order valence-electron chi connectivity index (χ3n) is 5.02. The van der Waals surface area contributed by atoms with Gasteiger partial charge in [-0.15, -0.1) is 0 Å². The molecule has 0 bridgehead atoms. The fraction of sp³-hybridized carbons (Fsp3) is 0.500. The summed E-state index contributed by atoms with van der Waals surface area (Å²) in [4.78, 5) is 14.5. The maximum Gasteiger partial charge on any atom is 0.239 e. The van der Waals surface area contributed by atoms with Gasteiger partial charge in [-0.2, -0.15) is 5.10 Å². The SMILES string of the molecule is CCn1ncc2c1CCC[C@H]2N[C@H](C)C(=O)N(C)Cc1ccccc1. The van der Waals surface area contributed by atoms with Crippen LogP contribution in [0.4, 0.5) is 0 Å². The molecule has 1 aliphatic carbocycles. The summed E-state index contributed by atoms with van der Waals surface area (Å²) >= 11 is 0. The van der Waals surface area contributed by atoms with Crippen LogP contribution in [0.15, 0.2) is 36.5 Å². The van der Waals surface area contributed by atoms with Gasteiger partial charge in [0, 0.05) is 37.4 Å².